The Morgan fingerprint density at radius 2 is 2.06 bits per heavy atom. The molecule has 0 saturated carbocycles. The number of benzene rings is 1. The van der Waals surface area contributed by atoms with E-state index in [-0.39, 0.29) is 12.4 Å². The maximum atomic E-state index is 5.89. The normalized spacial score (nSPS) is 26.9. The SMILES string of the molecule is Cc1cc(C)c2c(c1)C1CNCC1OC2.Cl. The van der Waals surface area contributed by atoms with Crippen LogP contribution in [0.25, 0.3) is 0 Å². The summed E-state index contributed by atoms with van der Waals surface area (Å²) in [5.41, 5.74) is 5.70. The van der Waals surface area contributed by atoms with Crippen molar-refractivity contribution < 1.29 is 4.74 Å². The molecule has 2 aliphatic heterocycles. The van der Waals surface area contributed by atoms with Gasteiger partial charge in [-0.05, 0) is 30.5 Å². The number of hydrogen-bond donors (Lipinski definition) is 1. The molecule has 0 spiro atoms. The van der Waals surface area contributed by atoms with E-state index >= 15 is 0 Å². The zero-order valence-electron chi connectivity index (χ0n) is 9.75. The van der Waals surface area contributed by atoms with Gasteiger partial charge in [-0.1, -0.05) is 17.7 Å². The molecule has 1 fully saturated rings. The van der Waals surface area contributed by atoms with Gasteiger partial charge >= 0.3 is 0 Å². The van der Waals surface area contributed by atoms with Crippen molar-refractivity contribution >= 4 is 12.4 Å². The van der Waals surface area contributed by atoms with Crippen LogP contribution in [0.5, 0.6) is 0 Å². The topological polar surface area (TPSA) is 21.3 Å². The van der Waals surface area contributed by atoms with Crippen LogP contribution < -0.4 is 5.32 Å². The second-order valence-electron chi connectivity index (χ2n) is 4.76. The molecule has 1 aromatic carbocycles. The Hall–Kier alpha value is -0.570. The van der Waals surface area contributed by atoms with Crippen molar-refractivity contribution in [3.63, 3.8) is 0 Å². The van der Waals surface area contributed by atoms with Gasteiger partial charge in [0, 0.05) is 19.0 Å². The van der Waals surface area contributed by atoms with Gasteiger partial charge in [0.2, 0.25) is 0 Å². The highest BCUT2D eigenvalue weighted by Gasteiger charge is 2.34. The first kappa shape index (κ1) is 11.9. The first-order valence-corrected chi connectivity index (χ1v) is 5.68. The number of nitrogens with one attached hydrogen (secondary N) is 1. The molecule has 0 aromatic heterocycles. The molecule has 2 unspecified atom stereocenters. The van der Waals surface area contributed by atoms with Crippen molar-refractivity contribution in [1.29, 1.82) is 0 Å². The smallest absolute Gasteiger partial charge is 0.0784 e. The molecule has 0 radical (unpaired) electrons. The van der Waals surface area contributed by atoms with E-state index in [1.54, 1.807) is 0 Å². The molecule has 0 aliphatic carbocycles. The first-order valence-electron chi connectivity index (χ1n) is 5.68. The highest BCUT2D eigenvalue weighted by molar-refractivity contribution is 5.85. The second-order valence-corrected chi connectivity index (χ2v) is 4.76. The Bertz CT molecular complexity index is 405. The summed E-state index contributed by atoms with van der Waals surface area (Å²) in [6.07, 6.45) is 0.402. The third-order valence-electron chi connectivity index (χ3n) is 3.65. The van der Waals surface area contributed by atoms with E-state index in [1.165, 1.54) is 22.3 Å². The second kappa shape index (κ2) is 4.36. The Morgan fingerprint density at radius 3 is 2.88 bits per heavy atom. The summed E-state index contributed by atoms with van der Waals surface area (Å²) < 4.78 is 5.89. The number of fused-ring (bicyclic) bond motifs is 3. The molecule has 0 bridgehead atoms. The summed E-state index contributed by atoms with van der Waals surface area (Å²) >= 11 is 0. The molecule has 3 heteroatoms. The van der Waals surface area contributed by atoms with Gasteiger partial charge in [0.05, 0.1) is 12.7 Å². The zero-order valence-corrected chi connectivity index (χ0v) is 10.6. The Morgan fingerprint density at radius 1 is 1.25 bits per heavy atom. The quantitative estimate of drug-likeness (QED) is 0.750. The minimum absolute atomic E-state index is 0. The van der Waals surface area contributed by atoms with E-state index < -0.39 is 0 Å². The van der Waals surface area contributed by atoms with Crippen molar-refractivity contribution in [2.45, 2.75) is 32.5 Å². The van der Waals surface area contributed by atoms with Gasteiger partial charge in [0.15, 0.2) is 0 Å². The van der Waals surface area contributed by atoms with Crippen molar-refractivity contribution in [2.75, 3.05) is 13.1 Å². The maximum absolute atomic E-state index is 5.89. The minimum Gasteiger partial charge on any atom is -0.372 e. The van der Waals surface area contributed by atoms with Gasteiger partial charge in [-0.2, -0.15) is 0 Å². The molecule has 16 heavy (non-hydrogen) atoms. The van der Waals surface area contributed by atoms with Gasteiger partial charge in [0.1, 0.15) is 0 Å². The van der Waals surface area contributed by atoms with Gasteiger partial charge in [-0.3, -0.25) is 0 Å². The predicted octanol–water partition coefficient (Wildman–Crippen LogP) is 2.31. The summed E-state index contributed by atoms with van der Waals surface area (Å²) in [6.45, 7) is 7.25. The molecule has 2 atom stereocenters. The fraction of sp³-hybridized carbons (Fsp3) is 0.538. The average molecular weight is 240 g/mol. The number of ether oxygens (including phenoxy) is 1. The van der Waals surface area contributed by atoms with Crippen LogP contribution in [0, 0.1) is 13.8 Å². The lowest BCUT2D eigenvalue weighted by atomic mass is 9.86. The van der Waals surface area contributed by atoms with Gasteiger partial charge < -0.3 is 10.1 Å². The van der Waals surface area contributed by atoms with Crippen LogP contribution in [0.2, 0.25) is 0 Å². The molecule has 2 nitrogen and oxygen atoms in total. The third-order valence-corrected chi connectivity index (χ3v) is 3.65. The minimum atomic E-state index is 0. The number of rotatable bonds is 0. The number of halogens is 1. The molecule has 1 saturated heterocycles. The Labute approximate surface area is 103 Å². The van der Waals surface area contributed by atoms with E-state index in [4.69, 9.17) is 4.74 Å². The van der Waals surface area contributed by atoms with E-state index in [1.807, 2.05) is 0 Å². The van der Waals surface area contributed by atoms with Crippen molar-refractivity contribution in [3.8, 4) is 0 Å². The van der Waals surface area contributed by atoms with Gasteiger partial charge in [0.25, 0.3) is 0 Å². The van der Waals surface area contributed by atoms with Crippen molar-refractivity contribution in [2.24, 2.45) is 0 Å². The van der Waals surface area contributed by atoms with E-state index in [2.05, 4.69) is 31.3 Å². The lowest BCUT2D eigenvalue weighted by molar-refractivity contribution is 0.0295. The largest absolute Gasteiger partial charge is 0.372 e. The monoisotopic (exact) mass is 239 g/mol. The van der Waals surface area contributed by atoms with Gasteiger partial charge in [-0.25, -0.2) is 0 Å². The van der Waals surface area contributed by atoms with E-state index in [0.29, 0.717) is 12.0 Å². The molecule has 1 N–H and O–H groups in total. The van der Waals surface area contributed by atoms with Crippen LogP contribution in [-0.2, 0) is 11.3 Å². The van der Waals surface area contributed by atoms with E-state index in [9.17, 15) is 0 Å². The highest BCUT2D eigenvalue weighted by Crippen LogP contribution is 2.35. The summed E-state index contributed by atoms with van der Waals surface area (Å²) in [4.78, 5) is 0. The number of hydrogen-bond acceptors (Lipinski definition) is 2. The fourth-order valence-electron chi connectivity index (χ4n) is 2.89. The average Bonchev–Trinajstić information content (AvgIpc) is 2.65. The molecule has 1 aromatic rings. The van der Waals surface area contributed by atoms with Crippen LogP contribution in [0.15, 0.2) is 12.1 Å². The molecule has 2 heterocycles. The first-order chi connectivity index (χ1) is 7.25. The third kappa shape index (κ3) is 1.75. The predicted molar refractivity (Wildman–Crippen MR) is 67.4 cm³/mol. The van der Waals surface area contributed by atoms with E-state index in [0.717, 1.165) is 19.7 Å². The summed E-state index contributed by atoms with van der Waals surface area (Å²) in [5, 5.41) is 3.42. The lowest BCUT2D eigenvalue weighted by Gasteiger charge is -2.29. The highest BCUT2D eigenvalue weighted by atomic mass is 35.5. The van der Waals surface area contributed by atoms with Gasteiger partial charge in [-0.15, -0.1) is 12.4 Å². The molecule has 2 aliphatic rings. The molecule has 88 valence electrons. The molecule has 0 amide bonds. The molecular weight excluding hydrogens is 222 g/mol. The Kier molecular flexibility index (Phi) is 3.24. The van der Waals surface area contributed by atoms with Crippen LogP contribution in [0.1, 0.15) is 28.2 Å². The van der Waals surface area contributed by atoms with Crippen LogP contribution in [-0.4, -0.2) is 19.2 Å². The standard InChI is InChI=1S/C13H17NO.ClH/c1-8-3-9(2)12-7-15-13-6-14-5-11(13)10(12)4-8;/h3-4,11,13-14H,5-7H2,1-2H3;1H. The number of aryl methyl sites for hydroxylation is 2. The lowest BCUT2D eigenvalue weighted by Crippen LogP contribution is -2.27. The maximum Gasteiger partial charge on any atom is 0.0784 e. The zero-order chi connectivity index (χ0) is 10.4. The fourth-order valence-corrected chi connectivity index (χ4v) is 2.89. The summed E-state index contributed by atoms with van der Waals surface area (Å²) in [5.74, 6) is 0.576. The van der Waals surface area contributed by atoms with Crippen LogP contribution in [0.3, 0.4) is 0 Å². The molecule has 3 rings (SSSR count). The Balaban J connectivity index is 0.000000963. The summed E-state index contributed by atoms with van der Waals surface area (Å²) in [6, 6.07) is 4.60. The van der Waals surface area contributed by atoms with Crippen LogP contribution >= 0.6 is 12.4 Å². The van der Waals surface area contributed by atoms with Crippen molar-refractivity contribution in [1.82, 2.24) is 5.32 Å². The summed E-state index contributed by atoms with van der Waals surface area (Å²) in [7, 11) is 0. The molecular formula is C13H18ClNO. The van der Waals surface area contributed by atoms with Crippen LogP contribution in [0.4, 0.5) is 0 Å². The van der Waals surface area contributed by atoms with Crippen molar-refractivity contribution in [3.05, 3.63) is 34.4 Å².